The van der Waals surface area contributed by atoms with Gasteiger partial charge in [-0.3, -0.25) is 0 Å². The molecule has 0 aliphatic heterocycles. The Bertz CT molecular complexity index is 1540. The zero-order valence-electron chi connectivity index (χ0n) is 23.1. The Hall–Kier alpha value is -4.04. The maximum atomic E-state index is 4.33. The van der Waals surface area contributed by atoms with E-state index in [0.717, 1.165) is 17.6 Å². The standard InChI is InChI=1S/C35H38N2/c1-24(15-13-17-26(3)34-28(5)30-19-9-11-21-32(30)36(34)7)23-25(2)16-14-18-27(4)35-29(6)31-20-10-12-22-33(31)37(35)8/h9-22H,1,4,23H2,2-3,5-8H3/b15-13-,18-14-,25-16+,26-17+. The van der Waals surface area contributed by atoms with Crippen molar-refractivity contribution in [2.45, 2.75) is 34.1 Å². The molecule has 188 valence electrons. The Kier molecular flexibility index (Phi) is 7.69. The van der Waals surface area contributed by atoms with Gasteiger partial charge < -0.3 is 9.13 Å². The van der Waals surface area contributed by atoms with Crippen molar-refractivity contribution in [1.29, 1.82) is 0 Å². The molecule has 0 bridgehead atoms. The average molecular weight is 487 g/mol. The van der Waals surface area contributed by atoms with Gasteiger partial charge in [0, 0.05) is 41.6 Å². The summed E-state index contributed by atoms with van der Waals surface area (Å²) in [6.45, 7) is 17.3. The van der Waals surface area contributed by atoms with Gasteiger partial charge >= 0.3 is 0 Å². The van der Waals surface area contributed by atoms with E-state index in [1.165, 1.54) is 55.5 Å². The number of para-hydroxylation sites is 2. The molecule has 0 aliphatic rings. The monoisotopic (exact) mass is 486 g/mol. The Morgan fingerprint density at radius 1 is 0.730 bits per heavy atom. The van der Waals surface area contributed by atoms with Gasteiger partial charge in [-0.25, -0.2) is 0 Å². The molecule has 0 radical (unpaired) electrons. The van der Waals surface area contributed by atoms with Gasteiger partial charge in [-0.05, 0) is 68.5 Å². The van der Waals surface area contributed by atoms with Gasteiger partial charge in [0.25, 0.3) is 0 Å². The molecule has 2 aromatic heterocycles. The predicted molar refractivity (Wildman–Crippen MR) is 164 cm³/mol. The van der Waals surface area contributed by atoms with Gasteiger partial charge in [-0.15, -0.1) is 0 Å². The van der Waals surface area contributed by atoms with Gasteiger partial charge in [0.2, 0.25) is 0 Å². The number of fused-ring (bicyclic) bond motifs is 2. The summed E-state index contributed by atoms with van der Waals surface area (Å²) in [5.74, 6) is 0. The highest BCUT2D eigenvalue weighted by Crippen LogP contribution is 2.30. The van der Waals surface area contributed by atoms with Gasteiger partial charge in [0.15, 0.2) is 0 Å². The average Bonchev–Trinajstić information content (AvgIpc) is 3.28. The first-order chi connectivity index (χ1) is 17.7. The van der Waals surface area contributed by atoms with Crippen molar-refractivity contribution in [3.05, 3.63) is 132 Å². The third-order valence-electron chi connectivity index (χ3n) is 7.26. The van der Waals surface area contributed by atoms with Crippen LogP contribution in [0, 0.1) is 13.8 Å². The molecule has 0 fully saturated rings. The van der Waals surface area contributed by atoms with Crippen LogP contribution in [0.1, 0.15) is 42.8 Å². The number of hydrogen-bond acceptors (Lipinski definition) is 0. The summed E-state index contributed by atoms with van der Waals surface area (Å²) in [6, 6.07) is 17.1. The number of aromatic nitrogens is 2. The molecule has 0 amide bonds. The number of allylic oxidation sites excluding steroid dienone is 10. The Morgan fingerprint density at radius 2 is 1.24 bits per heavy atom. The second-order valence-electron chi connectivity index (χ2n) is 10.0. The third-order valence-corrected chi connectivity index (χ3v) is 7.26. The molecule has 2 heterocycles. The van der Waals surface area contributed by atoms with Gasteiger partial charge in [-0.1, -0.05) is 97.2 Å². The van der Waals surface area contributed by atoms with Crippen molar-refractivity contribution < 1.29 is 0 Å². The normalized spacial score (nSPS) is 13.0. The summed E-state index contributed by atoms with van der Waals surface area (Å²) in [5.41, 5.74) is 12.2. The molecule has 0 atom stereocenters. The first-order valence-electron chi connectivity index (χ1n) is 12.8. The molecule has 2 nitrogen and oxygen atoms in total. The quantitative estimate of drug-likeness (QED) is 0.220. The van der Waals surface area contributed by atoms with Crippen molar-refractivity contribution >= 4 is 33.0 Å². The fourth-order valence-electron chi connectivity index (χ4n) is 5.47. The number of rotatable bonds is 8. The zero-order chi connectivity index (χ0) is 26.7. The predicted octanol–water partition coefficient (Wildman–Crippen LogP) is 9.41. The maximum Gasteiger partial charge on any atom is 0.0512 e. The number of aryl methyl sites for hydroxylation is 4. The van der Waals surface area contributed by atoms with Crippen LogP contribution in [0.4, 0.5) is 0 Å². The highest BCUT2D eigenvalue weighted by atomic mass is 15.0. The first kappa shape index (κ1) is 26.0. The summed E-state index contributed by atoms with van der Waals surface area (Å²) in [4.78, 5) is 0. The summed E-state index contributed by atoms with van der Waals surface area (Å²) >= 11 is 0. The van der Waals surface area contributed by atoms with Gasteiger partial charge in [0.1, 0.15) is 0 Å². The highest BCUT2D eigenvalue weighted by Gasteiger charge is 2.13. The minimum Gasteiger partial charge on any atom is -0.344 e. The fraction of sp³-hybridized carbons (Fsp3) is 0.200. The lowest BCUT2D eigenvalue weighted by Crippen LogP contribution is -1.94. The van der Waals surface area contributed by atoms with E-state index in [1.807, 2.05) is 0 Å². The molecule has 37 heavy (non-hydrogen) atoms. The van der Waals surface area contributed by atoms with Crippen LogP contribution >= 0.6 is 0 Å². The number of hydrogen-bond donors (Lipinski definition) is 0. The Morgan fingerprint density at radius 3 is 1.84 bits per heavy atom. The summed E-state index contributed by atoms with van der Waals surface area (Å²) in [5, 5.41) is 2.59. The van der Waals surface area contributed by atoms with Crippen molar-refractivity contribution in [1.82, 2.24) is 9.13 Å². The van der Waals surface area contributed by atoms with Crippen LogP contribution in [-0.4, -0.2) is 9.13 Å². The second-order valence-corrected chi connectivity index (χ2v) is 10.0. The second kappa shape index (κ2) is 10.9. The molecular weight excluding hydrogens is 448 g/mol. The van der Waals surface area contributed by atoms with E-state index >= 15 is 0 Å². The van der Waals surface area contributed by atoms with Gasteiger partial charge in [0.05, 0.1) is 5.69 Å². The maximum absolute atomic E-state index is 4.33. The SMILES string of the molecule is C=C(/C=C\C=C(/C)c1c(C)c2ccccc2n1C)C/C(C)=C/C=C\C(=C)c1c(C)c2ccccc2n1C. The van der Waals surface area contributed by atoms with E-state index < -0.39 is 0 Å². The first-order valence-corrected chi connectivity index (χ1v) is 12.8. The summed E-state index contributed by atoms with van der Waals surface area (Å²) in [7, 11) is 4.25. The van der Waals surface area contributed by atoms with Crippen LogP contribution in [0.3, 0.4) is 0 Å². The van der Waals surface area contributed by atoms with Crippen molar-refractivity contribution in [2.24, 2.45) is 14.1 Å². The van der Waals surface area contributed by atoms with E-state index in [-0.39, 0.29) is 0 Å². The minimum atomic E-state index is 0.834. The molecule has 0 aliphatic carbocycles. The lowest BCUT2D eigenvalue weighted by Gasteiger charge is -2.06. The largest absolute Gasteiger partial charge is 0.344 e. The van der Waals surface area contributed by atoms with E-state index in [0.29, 0.717) is 0 Å². The minimum absolute atomic E-state index is 0.834. The van der Waals surface area contributed by atoms with Crippen LogP contribution in [0.15, 0.2) is 109 Å². The van der Waals surface area contributed by atoms with E-state index in [2.05, 4.69) is 149 Å². The van der Waals surface area contributed by atoms with E-state index in [1.54, 1.807) is 0 Å². The molecule has 0 spiro atoms. The lowest BCUT2D eigenvalue weighted by molar-refractivity contribution is 0.940. The molecule has 0 saturated heterocycles. The third kappa shape index (κ3) is 5.24. The molecule has 0 unspecified atom stereocenters. The topological polar surface area (TPSA) is 9.86 Å². The van der Waals surface area contributed by atoms with Crippen molar-refractivity contribution in [2.75, 3.05) is 0 Å². The summed E-state index contributed by atoms with van der Waals surface area (Å²) < 4.78 is 4.52. The van der Waals surface area contributed by atoms with Crippen LogP contribution in [0.2, 0.25) is 0 Å². The fourth-order valence-corrected chi connectivity index (χ4v) is 5.47. The number of benzene rings is 2. The van der Waals surface area contributed by atoms with Crippen LogP contribution in [-0.2, 0) is 14.1 Å². The highest BCUT2D eigenvalue weighted by molar-refractivity contribution is 5.91. The number of nitrogens with zero attached hydrogens (tertiary/aromatic N) is 2. The Balaban J connectivity index is 1.40. The molecule has 2 aromatic carbocycles. The molecule has 4 aromatic rings. The molecular formula is C35H38N2. The van der Waals surface area contributed by atoms with Gasteiger partial charge in [-0.2, -0.15) is 0 Å². The zero-order valence-corrected chi connectivity index (χ0v) is 23.1. The molecule has 0 N–H and O–H groups in total. The molecule has 0 saturated carbocycles. The van der Waals surface area contributed by atoms with Crippen LogP contribution < -0.4 is 0 Å². The van der Waals surface area contributed by atoms with E-state index in [4.69, 9.17) is 0 Å². The Labute approximate surface area is 221 Å². The van der Waals surface area contributed by atoms with Crippen molar-refractivity contribution in [3.63, 3.8) is 0 Å². The smallest absolute Gasteiger partial charge is 0.0512 e. The van der Waals surface area contributed by atoms with Crippen LogP contribution in [0.25, 0.3) is 33.0 Å². The van der Waals surface area contributed by atoms with Crippen LogP contribution in [0.5, 0.6) is 0 Å². The molecule has 2 heteroatoms. The van der Waals surface area contributed by atoms with E-state index in [9.17, 15) is 0 Å². The summed E-state index contributed by atoms with van der Waals surface area (Å²) in [6.07, 6.45) is 13.6. The van der Waals surface area contributed by atoms with Crippen molar-refractivity contribution in [3.8, 4) is 0 Å². The molecule has 4 rings (SSSR count). The lowest BCUT2D eigenvalue weighted by atomic mass is 10.0.